The molecule has 0 aromatic heterocycles. The first-order valence-corrected chi connectivity index (χ1v) is 13.5. The normalized spacial score (nSPS) is 35.8. The van der Waals surface area contributed by atoms with Crippen molar-refractivity contribution < 1.29 is 9.59 Å². The molecule has 3 nitrogen and oxygen atoms in total. The average molecular weight is 470 g/mol. The van der Waals surface area contributed by atoms with Gasteiger partial charge >= 0.3 is 0 Å². The Morgan fingerprint density at radius 2 is 1.94 bits per heavy atom. The van der Waals surface area contributed by atoms with Gasteiger partial charge in [-0.15, -0.1) is 5.92 Å². The van der Waals surface area contributed by atoms with Gasteiger partial charge in [-0.05, 0) is 104 Å². The molecule has 0 radical (unpaired) electrons. The minimum atomic E-state index is -0.489. The fourth-order valence-electron chi connectivity index (χ4n) is 8.28. The number of anilines is 1. The highest BCUT2D eigenvalue weighted by Crippen LogP contribution is 2.67. The van der Waals surface area contributed by atoms with E-state index in [1.54, 1.807) is 5.57 Å². The van der Waals surface area contributed by atoms with Gasteiger partial charge in [-0.1, -0.05) is 44.4 Å². The fraction of sp³-hybridized carbons (Fsp3) is 0.562. The van der Waals surface area contributed by atoms with Crippen LogP contribution in [0.4, 0.5) is 5.69 Å². The highest BCUT2D eigenvalue weighted by atomic mass is 16.1. The summed E-state index contributed by atoms with van der Waals surface area (Å²) in [5.41, 5.74) is 5.95. The van der Waals surface area contributed by atoms with Crippen LogP contribution in [0.25, 0.3) is 0 Å². The Morgan fingerprint density at radius 3 is 2.60 bits per heavy atom. The van der Waals surface area contributed by atoms with E-state index in [-0.39, 0.29) is 17.1 Å². The third-order valence-corrected chi connectivity index (χ3v) is 10.1. The van der Waals surface area contributed by atoms with Crippen LogP contribution in [0.1, 0.15) is 84.1 Å². The number of hydrogen-bond acceptors (Lipinski definition) is 3. The Labute approximate surface area is 210 Å². The van der Waals surface area contributed by atoms with Crippen molar-refractivity contribution in [1.29, 1.82) is 0 Å². The summed E-state index contributed by atoms with van der Waals surface area (Å²) in [7, 11) is 1.92. The molecule has 184 valence electrons. The average Bonchev–Trinajstić information content (AvgIpc) is 3.17. The third-order valence-electron chi connectivity index (χ3n) is 10.1. The number of benzene rings is 1. The lowest BCUT2D eigenvalue weighted by Gasteiger charge is -2.52. The van der Waals surface area contributed by atoms with E-state index >= 15 is 0 Å². The zero-order valence-electron chi connectivity index (χ0n) is 22.0. The molecule has 0 saturated heterocycles. The summed E-state index contributed by atoms with van der Waals surface area (Å²) >= 11 is 0. The van der Waals surface area contributed by atoms with Gasteiger partial charge in [-0.2, -0.15) is 0 Å². The second-order valence-corrected chi connectivity index (χ2v) is 11.5. The monoisotopic (exact) mass is 469 g/mol. The fourth-order valence-corrected chi connectivity index (χ4v) is 8.28. The predicted octanol–water partition coefficient (Wildman–Crippen LogP) is 6.86. The molecule has 0 heterocycles. The smallest absolute Gasteiger partial charge is 0.163 e. The van der Waals surface area contributed by atoms with E-state index in [9.17, 15) is 9.59 Å². The third kappa shape index (κ3) is 3.47. The standard InChI is InChI=1S/C32H39NO2/c1-6-14-32(30(35)7-2)16-13-28-27-17-20(3)24-19-29(34)25(21-8-10-22(33-5)11-9-21)18-26(24)23(27)12-15-31(28,32)4/h8-11,19-20,25,27-28,33H,7,12-13,15-18H2,1-5H3/t20?,25?,27-,28+,31+,32-/m1/s1. The number of carbonyl (C=O) groups excluding carboxylic acids is 2. The SMILES string of the molecule is CC#C[C@]1(C(=O)CC)CC[C@H]2[C@@H]3CC(C)C4=CC(=O)C(c5ccc(NC)cc5)CC4=C3CC[C@@]21C. The maximum Gasteiger partial charge on any atom is 0.163 e. The molecule has 2 saturated carbocycles. The van der Waals surface area contributed by atoms with Crippen LogP contribution in [0, 0.1) is 40.4 Å². The van der Waals surface area contributed by atoms with E-state index in [0.29, 0.717) is 30.0 Å². The lowest BCUT2D eigenvalue weighted by molar-refractivity contribution is -0.132. The second kappa shape index (κ2) is 8.81. The molecule has 1 aromatic rings. The molecule has 4 aliphatic rings. The number of ketones is 2. The van der Waals surface area contributed by atoms with Crippen LogP contribution in [-0.2, 0) is 9.59 Å². The zero-order chi connectivity index (χ0) is 25.0. The van der Waals surface area contributed by atoms with Crippen molar-refractivity contribution in [2.75, 3.05) is 12.4 Å². The number of nitrogens with one attached hydrogen (secondary N) is 1. The van der Waals surface area contributed by atoms with E-state index in [1.807, 2.05) is 27.0 Å². The van der Waals surface area contributed by atoms with Gasteiger partial charge in [0.1, 0.15) is 0 Å². The van der Waals surface area contributed by atoms with Gasteiger partial charge < -0.3 is 5.32 Å². The van der Waals surface area contributed by atoms with Crippen LogP contribution < -0.4 is 5.32 Å². The molecule has 2 unspecified atom stereocenters. The Hall–Kier alpha value is -2.60. The van der Waals surface area contributed by atoms with Gasteiger partial charge in [0.15, 0.2) is 11.6 Å². The van der Waals surface area contributed by atoms with Crippen molar-refractivity contribution in [2.45, 2.75) is 78.6 Å². The molecule has 5 rings (SSSR count). The lowest BCUT2D eigenvalue weighted by Crippen LogP contribution is -2.49. The first kappa shape index (κ1) is 24.1. The summed E-state index contributed by atoms with van der Waals surface area (Å²) in [6.07, 6.45) is 8.47. The molecule has 1 aromatic carbocycles. The molecule has 0 amide bonds. The molecule has 0 spiro atoms. The summed E-state index contributed by atoms with van der Waals surface area (Å²) in [5, 5.41) is 3.17. The van der Waals surface area contributed by atoms with Gasteiger partial charge in [0, 0.05) is 19.2 Å². The van der Waals surface area contributed by atoms with Gasteiger partial charge in [-0.25, -0.2) is 0 Å². The number of allylic oxidation sites excluding steroid dienone is 4. The van der Waals surface area contributed by atoms with Gasteiger partial charge in [0.05, 0.1) is 11.3 Å². The molecule has 6 atom stereocenters. The number of hydrogen-bond donors (Lipinski definition) is 1. The number of carbonyl (C=O) groups is 2. The topological polar surface area (TPSA) is 46.2 Å². The summed E-state index contributed by atoms with van der Waals surface area (Å²) in [4.78, 5) is 26.6. The van der Waals surface area contributed by atoms with Crippen molar-refractivity contribution in [2.24, 2.45) is 28.6 Å². The Kier molecular flexibility index (Phi) is 6.07. The second-order valence-electron chi connectivity index (χ2n) is 11.5. The highest BCUT2D eigenvalue weighted by Gasteiger charge is 2.63. The van der Waals surface area contributed by atoms with Crippen LogP contribution in [-0.4, -0.2) is 18.6 Å². The van der Waals surface area contributed by atoms with E-state index in [1.165, 1.54) is 11.1 Å². The first-order chi connectivity index (χ1) is 16.8. The van der Waals surface area contributed by atoms with Crippen LogP contribution in [0.5, 0.6) is 0 Å². The Bertz CT molecular complexity index is 1180. The van der Waals surface area contributed by atoms with E-state index in [4.69, 9.17) is 0 Å². The molecule has 2 fully saturated rings. The first-order valence-electron chi connectivity index (χ1n) is 13.5. The summed E-state index contributed by atoms with van der Waals surface area (Å²) in [5.74, 6) is 8.50. The predicted molar refractivity (Wildman–Crippen MR) is 142 cm³/mol. The molecular weight excluding hydrogens is 430 g/mol. The quantitative estimate of drug-likeness (QED) is 0.490. The number of Topliss-reactive ketones (excluding diaryl/α,β-unsaturated/α-hetero) is 1. The Morgan fingerprint density at radius 1 is 1.20 bits per heavy atom. The molecular formula is C32H39NO2. The molecule has 35 heavy (non-hydrogen) atoms. The van der Waals surface area contributed by atoms with Crippen molar-refractivity contribution >= 4 is 17.3 Å². The van der Waals surface area contributed by atoms with E-state index in [2.05, 4.69) is 55.3 Å². The van der Waals surface area contributed by atoms with Crippen molar-refractivity contribution in [3.8, 4) is 11.8 Å². The van der Waals surface area contributed by atoms with Crippen LogP contribution in [0.2, 0.25) is 0 Å². The minimum Gasteiger partial charge on any atom is -0.388 e. The Balaban J connectivity index is 1.54. The van der Waals surface area contributed by atoms with Crippen molar-refractivity contribution in [3.63, 3.8) is 0 Å². The van der Waals surface area contributed by atoms with Crippen LogP contribution >= 0.6 is 0 Å². The number of rotatable bonds is 4. The molecule has 3 heteroatoms. The van der Waals surface area contributed by atoms with Gasteiger partial charge in [0.25, 0.3) is 0 Å². The largest absolute Gasteiger partial charge is 0.388 e. The maximum atomic E-state index is 13.4. The summed E-state index contributed by atoms with van der Waals surface area (Å²) in [6, 6.07) is 8.34. The zero-order valence-corrected chi connectivity index (χ0v) is 22.0. The van der Waals surface area contributed by atoms with Gasteiger partial charge in [0.2, 0.25) is 0 Å². The number of fused-ring (bicyclic) bond motifs is 4. The van der Waals surface area contributed by atoms with Crippen LogP contribution in [0.3, 0.4) is 0 Å². The summed E-state index contributed by atoms with van der Waals surface area (Å²) in [6.45, 7) is 8.56. The van der Waals surface area contributed by atoms with Crippen molar-refractivity contribution in [1.82, 2.24) is 0 Å². The highest BCUT2D eigenvalue weighted by molar-refractivity contribution is 5.98. The van der Waals surface area contributed by atoms with Crippen molar-refractivity contribution in [3.05, 3.63) is 52.6 Å². The molecule has 1 N–H and O–H groups in total. The molecule has 0 bridgehead atoms. The van der Waals surface area contributed by atoms with Gasteiger partial charge in [-0.3, -0.25) is 9.59 Å². The van der Waals surface area contributed by atoms with E-state index < -0.39 is 5.41 Å². The maximum absolute atomic E-state index is 13.4. The van der Waals surface area contributed by atoms with Crippen LogP contribution in [0.15, 0.2) is 47.1 Å². The minimum absolute atomic E-state index is 0.0639. The molecule has 0 aliphatic heterocycles. The summed E-state index contributed by atoms with van der Waals surface area (Å²) < 4.78 is 0. The lowest BCUT2D eigenvalue weighted by atomic mass is 9.50. The molecule has 4 aliphatic carbocycles. The van der Waals surface area contributed by atoms with E-state index in [0.717, 1.165) is 49.8 Å².